The zero-order valence-electron chi connectivity index (χ0n) is 11.4. The van der Waals surface area contributed by atoms with E-state index in [-0.39, 0.29) is 11.6 Å². The number of rotatable bonds is 5. The third kappa shape index (κ3) is 5.75. The Hall–Kier alpha value is -1.00. The SMILES string of the molecule is COC(C)Cc1nccc(CNC(C)(C)C)n1. The molecule has 0 aliphatic heterocycles. The molecule has 0 bridgehead atoms. The molecule has 0 spiro atoms. The van der Waals surface area contributed by atoms with Crippen LogP contribution >= 0.6 is 0 Å². The standard InChI is InChI=1S/C13H23N3O/c1-10(17-5)8-12-14-7-6-11(16-12)9-15-13(2,3)4/h6-7,10,15H,8-9H2,1-5H3. The van der Waals surface area contributed by atoms with Crippen LogP contribution in [0.3, 0.4) is 0 Å². The van der Waals surface area contributed by atoms with Gasteiger partial charge in [-0.25, -0.2) is 9.97 Å². The molecule has 0 aliphatic carbocycles. The molecule has 1 aromatic heterocycles. The molecular weight excluding hydrogens is 214 g/mol. The lowest BCUT2D eigenvalue weighted by molar-refractivity contribution is 0.117. The van der Waals surface area contributed by atoms with Crippen LogP contribution in [0.25, 0.3) is 0 Å². The van der Waals surface area contributed by atoms with Gasteiger partial charge in [-0.1, -0.05) is 0 Å². The minimum Gasteiger partial charge on any atom is -0.381 e. The topological polar surface area (TPSA) is 47.0 Å². The molecule has 1 atom stereocenters. The highest BCUT2D eigenvalue weighted by molar-refractivity contribution is 5.03. The van der Waals surface area contributed by atoms with E-state index >= 15 is 0 Å². The zero-order chi connectivity index (χ0) is 12.9. The van der Waals surface area contributed by atoms with Crippen LogP contribution in [0, 0.1) is 0 Å². The van der Waals surface area contributed by atoms with Crippen molar-refractivity contribution < 1.29 is 4.74 Å². The number of methoxy groups -OCH3 is 1. The number of nitrogens with one attached hydrogen (secondary N) is 1. The van der Waals surface area contributed by atoms with Crippen molar-refractivity contribution in [3.05, 3.63) is 23.8 Å². The van der Waals surface area contributed by atoms with Gasteiger partial charge in [0.15, 0.2) is 0 Å². The van der Waals surface area contributed by atoms with Crippen LogP contribution in [-0.4, -0.2) is 28.7 Å². The molecular formula is C13H23N3O. The van der Waals surface area contributed by atoms with Crippen LogP contribution in [0.2, 0.25) is 0 Å². The normalized spacial score (nSPS) is 13.7. The Kier molecular flexibility index (Phi) is 5.02. The van der Waals surface area contributed by atoms with Gasteiger partial charge in [0.25, 0.3) is 0 Å². The van der Waals surface area contributed by atoms with E-state index in [0.717, 1.165) is 24.5 Å². The van der Waals surface area contributed by atoms with E-state index in [2.05, 4.69) is 36.1 Å². The maximum Gasteiger partial charge on any atom is 0.131 e. The summed E-state index contributed by atoms with van der Waals surface area (Å²) < 4.78 is 5.21. The summed E-state index contributed by atoms with van der Waals surface area (Å²) in [6, 6.07) is 1.94. The highest BCUT2D eigenvalue weighted by Gasteiger charge is 2.10. The van der Waals surface area contributed by atoms with Gasteiger partial charge < -0.3 is 10.1 Å². The summed E-state index contributed by atoms with van der Waals surface area (Å²) in [7, 11) is 1.70. The number of hydrogen-bond donors (Lipinski definition) is 1. The third-order valence-electron chi connectivity index (χ3n) is 2.44. The summed E-state index contributed by atoms with van der Waals surface area (Å²) in [5, 5.41) is 3.41. The molecule has 0 saturated heterocycles. The van der Waals surface area contributed by atoms with Crippen LogP contribution in [0.15, 0.2) is 12.3 Å². The average molecular weight is 237 g/mol. The van der Waals surface area contributed by atoms with E-state index in [4.69, 9.17) is 4.74 Å². The fourth-order valence-corrected chi connectivity index (χ4v) is 1.33. The minimum absolute atomic E-state index is 0.102. The second-order valence-electron chi connectivity index (χ2n) is 5.32. The van der Waals surface area contributed by atoms with Gasteiger partial charge in [0.1, 0.15) is 5.82 Å². The van der Waals surface area contributed by atoms with Crippen molar-refractivity contribution in [1.82, 2.24) is 15.3 Å². The maximum atomic E-state index is 5.21. The largest absolute Gasteiger partial charge is 0.381 e. The van der Waals surface area contributed by atoms with Crippen molar-refractivity contribution in [3.8, 4) is 0 Å². The Morgan fingerprint density at radius 1 is 1.41 bits per heavy atom. The Labute approximate surface area is 104 Å². The first-order chi connectivity index (χ1) is 7.90. The van der Waals surface area contributed by atoms with Gasteiger partial charge in [-0.3, -0.25) is 0 Å². The summed E-state index contributed by atoms with van der Waals surface area (Å²) >= 11 is 0. The molecule has 96 valence electrons. The lowest BCUT2D eigenvalue weighted by Crippen LogP contribution is -2.35. The first-order valence-electron chi connectivity index (χ1n) is 5.99. The molecule has 0 aliphatic rings. The average Bonchev–Trinajstić information content (AvgIpc) is 2.26. The summed E-state index contributed by atoms with van der Waals surface area (Å²) in [6.07, 6.45) is 2.71. The molecule has 0 amide bonds. The molecule has 1 aromatic rings. The van der Waals surface area contributed by atoms with Gasteiger partial charge in [0.2, 0.25) is 0 Å². The van der Waals surface area contributed by atoms with Crippen molar-refractivity contribution in [2.24, 2.45) is 0 Å². The van der Waals surface area contributed by atoms with E-state index in [9.17, 15) is 0 Å². The van der Waals surface area contributed by atoms with Crippen LogP contribution in [-0.2, 0) is 17.7 Å². The molecule has 4 heteroatoms. The number of hydrogen-bond acceptors (Lipinski definition) is 4. The Morgan fingerprint density at radius 3 is 2.71 bits per heavy atom. The van der Waals surface area contributed by atoms with E-state index < -0.39 is 0 Å². The predicted molar refractivity (Wildman–Crippen MR) is 68.8 cm³/mol. The zero-order valence-corrected chi connectivity index (χ0v) is 11.4. The Bertz CT molecular complexity index is 347. The van der Waals surface area contributed by atoms with Gasteiger partial charge in [-0.2, -0.15) is 0 Å². The summed E-state index contributed by atoms with van der Waals surface area (Å²) in [6.45, 7) is 9.20. The quantitative estimate of drug-likeness (QED) is 0.850. The molecule has 1 heterocycles. The summed E-state index contributed by atoms with van der Waals surface area (Å²) in [4.78, 5) is 8.76. The van der Waals surface area contributed by atoms with Crippen molar-refractivity contribution in [2.45, 2.75) is 52.3 Å². The molecule has 0 saturated carbocycles. The molecule has 0 radical (unpaired) electrons. The minimum atomic E-state index is 0.102. The highest BCUT2D eigenvalue weighted by atomic mass is 16.5. The number of nitrogens with zero attached hydrogens (tertiary/aromatic N) is 2. The van der Waals surface area contributed by atoms with Crippen LogP contribution in [0.1, 0.15) is 39.2 Å². The first-order valence-corrected chi connectivity index (χ1v) is 5.99. The fourth-order valence-electron chi connectivity index (χ4n) is 1.33. The lowest BCUT2D eigenvalue weighted by atomic mass is 10.1. The summed E-state index contributed by atoms with van der Waals surface area (Å²) in [5.41, 5.74) is 1.12. The molecule has 0 aromatic carbocycles. The van der Waals surface area contributed by atoms with Gasteiger partial charge >= 0.3 is 0 Å². The molecule has 1 unspecified atom stereocenters. The van der Waals surface area contributed by atoms with Gasteiger partial charge in [-0.15, -0.1) is 0 Å². The van der Waals surface area contributed by atoms with E-state index in [1.165, 1.54) is 0 Å². The van der Waals surface area contributed by atoms with Crippen molar-refractivity contribution in [2.75, 3.05) is 7.11 Å². The van der Waals surface area contributed by atoms with Crippen molar-refractivity contribution in [3.63, 3.8) is 0 Å². The van der Waals surface area contributed by atoms with Gasteiger partial charge in [-0.05, 0) is 33.8 Å². The molecule has 4 nitrogen and oxygen atoms in total. The third-order valence-corrected chi connectivity index (χ3v) is 2.44. The predicted octanol–water partition coefficient (Wildman–Crippen LogP) is 1.94. The second-order valence-corrected chi connectivity index (χ2v) is 5.32. The summed E-state index contributed by atoms with van der Waals surface area (Å²) in [5.74, 6) is 0.840. The number of ether oxygens (including phenoxy) is 1. The van der Waals surface area contributed by atoms with Crippen LogP contribution < -0.4 is 5.32 Å². The Morgan fingerprint density at radius 2 is 2.12 bits per heavy atom. The highest BCUT2D eigenvalue weighted by Crippen LogP contribution is 2.04. The van der Waals surface area contributed by atoms with Crippen molar-refractivity contribution >= 4 is 0 Å². The van der Waals surface area contributed by atoms with Gasteiger partial charge in [0, 0.05) is 31.8 Å². The van der Waals surface area contributed by atoms with Gasteiger partial charge in [0.05, 0.1) is 11.8 Å². The van der Waals surface area contributed by atoms with Crippen LogP contribution in [0.5, 0.6) is 0 Å². The smallest absolute Gasteiger partial charge is 0.131 e. The second kappa shape index (κ2) is 6.07. The van der Waals surface area contributed by atoms with Crippen LogP contribution in [0.4, 0.5) is 0 Å². The Balaban J connectivity index is 2.60. The van der Waals surface area contributed by atoms with Crippen molar-refractivity contribution in [1.29, 1.82) is 0 Å². The van der Waals surface area contributed by atoms with E-state index in [0.29, 0.717) is 0 Å². The molecule has 1 rings (SSSR count). The first kappa shape index (κ1) is 14.1. The lowest BCUT2D eigenvalue weighted by Gasteiger charge is -2.20. The number of aromatic nitrogens is 2. The molecule has 0 fully saturated rings. The van der Waals surface area contributed by atoms with E-state index in [1.807, 2.05) is 19.2 Å². The maximum absolute atomic E-state index is 5.21. The molecule has 17 heavy (non-hydrogen) atoms. The van der Waals surface area contributed by atoms with E-state index in [1.54, 1.807) is 7.11 Å². The molecule has 1 N–H and O–H groups in total. The fraction of sp³-hybridized carbons (Fsp3) is 0.692. The monoisotopic (exact) mass is 237 g/mol.